The lowest BCUT2D eigenvalue weighted by atomic mass is 10.2. The maximum absolute atomic E-state index is 11.9. The molecule has 0 heterocycles. The number of hydrogen-bond donors (Lipinski definition) is 1. The summed E-state index contributed by atoms with van der Waals surface area (Å²) in [7, 11) is 3.53. The monoisotopic (exact) mass is 264 g/mol. The Hall–Kier alpha value is -1.16. The number of carbonyl (C=O) groups excluding carboxylic acids is 1. The first-order chi connectivity index (χ1) is 8.58. The fourth-order valence-corrected chi connectivity index (χ4v) is 3.54. The van der Waals surface area contributed by atoms with Crippen molar-refractivity contribution in [2.75, 3.05) is 19.8 Å². The second kappa shape index (κ2) is 5.65. The van der Waals surface area contributed by atoms with Crippen LogP contribution >= 0.6 is 11.8 Å². The molecule has 0 atom stereocenters. The summed E-state index contributed by atoms with van der Waals surface area (Å²) in [5.74, 6) is 0.0308. The molecule has 0 unspecified atom stereocenters. The molecular formula is C14H20N2OS. The van der Waals surface area contributed by atoms with Crippen LogP contribution in [0, 0.1) is 0 Å². The molecule has 2 rings (SSSR count). The summed E-state index contributed by atoms with van der Waals surface area (Å²) in [5, 5.41) is 0.664. The molecule has 0 bridgehead atoms. The number of rotatable bonds is 3. The first-order valence-electron chi connectivity index (χ1n) is 6.36. The minimum atomic E-state index is 0.0308. The molecule has 1 amide bonds. The van der Waals surface area contributed by atoms with Crippen LogP contribution in [-0.4, -0.2) is 30.2 Å². The number of hydrogen-bond acceptors (Lipinski definition) is 3. The SMILES string of the molecule is CN(C)C(=O)c1ccc(N)c(SC2CCCC2)c1. The van der Waals surface area contributed by atoms with Crippen LogP contribution in [0.15, 0.2) is 23.1 Å². The molecular weight excluding hydrogens is 244 g/mol. The van der Waals surface area contributed by atoms with Crippen molar-refractivity contribution in [2.45, 2.75) is 35.8 Å². The fourth-order valence-electron chi connectivity index (χ4n) is 2.21. The third-order valence-electron chi connectivity index (χ3n) is 3.26. The van der Waals surface area contributed by atoms with Crippen molar-refractivity contribution in [3.63, 3.8) is 0 Å². The van der Waals surface area contributed by atoms with Gasteiger partial charge in [0.05, 0.1) is 0 Å². The fraction of sp³-hybridized carbons (Fsp3) is 0.500. The van der Waals surface area contributed by atoms with Gasteiger partial charge in [-0.25, -0.2) is 0 Å². The summed E-state index contributed by atoms with van der Waals surface area (Å²) < 4.78 is 0. The molecule has 2 N–H and O–H groups in total. The molecule has 1 saturated carbocycles. The van der Waals surface area contributed by atoms with Gasteiger partial charge >= 0.3 is 0 Å². The summed E-state index contributed by atoms with van der Waals surface area (Å²) in [4.78, 5) is 14.6. The highest BCUT2D eigenvalue weighted by atomic mass is 32.2. The number of anilines is 1. The topological polar surface area (TPSA) is 46.3 Å². The number of benzene rings is 1. The predicted molar refractivity (Wildman–Crippen MR) is 77.0 cm³/mol. The van der Waals surface area contributed by atoms with Gasteiger partial charge in [-0.15, -0.1) is 11.8 Å². The van der Waals surface area contributed by atoms with Crippen LogP contribution in [0.4, 0.5) is 5.69 Å². The Bertz CT molecular complexity index is 439. The van der Waals surface area contributed by atoms with E-state index in [0.717, 1.165) is 16.1 Å². The van der Waals surface area contributed by atoms with Crippen LogP contribution in [0.25, 0.3) is 0 Å². The van der Waals surface area contributed by atoms with E-state index in [1.54, 1.807) is 25.1 Å². The van der Waals surface area contributed by atoms with Crippen molar-refractivity contribution in [3.05, 3.63) is 23.8 Å². The second-order valence-electron chi connectivity index (χ2n) is 4.98. The number of thioether (sulfide) groups is 1. The van der Waals surface area contributed by atoms with Gasteiger partial charge < -0.3 is 10.6 Å². The third kappa shape index (κ3) is 2.99. The van der Waals surface area contributed by atoms with Gasteiger partial charge in [0.1, 0.15) is 0 Å². The molecule has 98 valence electrons. The summed E-state index contributed by atoms with van der Waals surface area (Å²) >= 11 is 1.83. The van der Waals surface area contributed by atoms with E-state index < -0.39 is 0 Å². The van der Waals surface area contributed by atoms with Gasteiger partial charge in [-0.05, 0) is 31.0 Å². The third-order valence-corrected chi connectivity index (χ3v) is 4.67. The maximum Gasteiger partial charge on any atom is 0.253 e. The minimum Gasteiger partial charge on any atom is -0.398 e. The number of nitrogens with zero attached hydrogens (tertiary/aromatic N) is 1. The van der Waals surface area contributed by atoms with E-state index in [9.17, 15) is 4.79 Å². The van der Waals surface area contributed by atoms with E-state index in [1.807, 2.05) is 23.9 Å². The van der Waals surface area contributed by atoms with Crippen LogP contribution in [0.1, 0.15) is 36.0 Å². The second-order valence-corrected chi connectivity index (χ2v) is 6.32. The largest absolute Gasteiger partial charge is 0.398 e. The Morgan fingerprint density at radius 3 is 2.61 bits per heavy atom. The highest BCUT2D eigenvalue weighted by Gasteiger charge is 2.18. The highest BCUT2D eigenvalue weighted by Crippen LogP contribution is 2.37. The van der Waals surface area contributed by atoms with Crippen molar-refractivity contribution in [1.82, 2.24) is 4.90 Å². The zero-order valence-corrected chi connectivity index (χ0v) is 11.8. The molecule has 1 aliphatic carbocycles. The number of nitrogen functional groups attached to an aromatic ring is 1. The molecule has 0 aliphatic heterocycles. The molecule has 0 aromatic heterocycles. The summed E-state index contributed by atoms with van der Waals surface area (Å²) in [5.41, 5.74) is 7.50. The van der Waals surface area contributed by atoms with Crippen molar-refractivity contribution in [1.29, 1.82) is 0 Å². The van der Waals surface area contributed by atoms with Gasteiger partial charge in [0.25, 0.3) is 5.91 Å². The Kier molecular flexibility index (Phi) is 4.17. The Morgan fingerprint density at radius 2 is 2.00 bits per heavy atom. The molecule has 1 fully saturated rings. The average Bonchev–Trinajstić information content (AvgIpc) is 2.84. The molecule has 3 nitrogen and oxygen atoms in total. The summed E-state index contributed by atoms with van der Waals surface area (Å²) in [6.07, 6.45) is 5.15. The quantitative estimate of drug-likeness (QED) is 0.854. The Balaban J connectivity index is 2.18. The molecule has 0 saturated heterocycles. The van der Waals surface area contributed by atoms with E-state index in [4.69, 9.17) is 5.73 Å². The lowest BCUT2D eigenvalue weighted by Gasteiger charge is -2.14. The smallest absolute Gasteiger partial charge is 0.253 e. The average molecular weight is 264 g/mol. The van der Waals surface area contributed by atoms with Crippen molar-refractivity contribution < 1.29 is 4.79 Å². The minimum absolute atomic E-state index is 0.0308. The van der Waals surface area contributed by atoms with Crippen molar-refractivity contribution in [2.24, 2.45) is 0 Å². The normalized spacial score (nSPS) is 15.9. The molecule has 1 aromatic rings. The maximum atomic E-state index is 11.9. The first kappa shape index (κ1) is 13.3. The van der Waals surface area contributed by atoms with Gasteiger partial charge in [0, 0.05) is 35.5 Å². The Morgan fingerprint density at radius 1 is 1.33 bits per heavy atom. The first-order valence-corrected chi connectivity index (χ1v) is 7.23. The Labute approximate surface area is 113 Å². The highest BCUT2D eigenvalue weighted by molar-refractivity contribution is 8.00. The number of carbonyl (C=O) groups is 1. The van der Waals surface area contributed by atoms with Crippen LogP contribution in [0.3, 0.4) is 0 Å². The summed E-state index contributed by atoms with van der Waals surface area (Å²) in [6.45, 7) is 0. The lowest BCUT2D eigenvalue weighted by molar-refractivity contribution is 0.0827. The zero-order valence-electron chi connectivity index (χ0n) is 11.0. The molecule has 1 aliphatic rings. The van der Waals surface area contributed by atoms with Gasteiger partial charge in [0.2, 0.25) is 0 Å². The standard InChI is InChI=1S/C14H20N2OS/c1-16(2)14(17)10-7-8-12(15)13(9-10)18-11-5-3-4-6-11/h7-9,11H,3-6,15H2,1-2H3. The molecule has 1 aromatic carbocycles. The van der Waals surface area contributed by atoms with Crippen LogP contribution in [-0.2, 0) is 0 Å². The van der Waals surface area contributed by atoms with E-state index in [-0.39, 0.29) is 5.91 Å². The molecule has 18 heavy (non-hydrogen) atoms. The van der Waals surface area contributed by atoms with Gasteiger partial charge in [-0.1, -0.05) is 12.8 Å². The van der Waals surface area contributed by atoms with Gasteiger partial charge in [-0.2, -0.15) is 0 Å². The van der Waals surface area contributed by atoms with E-state index in [2.05, 4.69) is 0 Å². The van der Waals surface area contributed by atoms with Crippen LogP contribution in [0.2, 0.25) is 0 Å². The van der Waals surface area contributed by atoms with Gasteiger partial charge in [-0.3, -0.25) is 4.79 Å². The molecule has 0 spiro atoms. The predicted octanol–water partition coefficient (Wildman–Crippen LogP) is 3.01. The van der Waals surface area contributed by atoms with E-state index >= 15 is 0 Å². The lowest BCUT2D eigenvalue weighted by Crippen LogP contribution is -2.21. The van der Waals surface area contributed by atoms with Gasteiger partial charge in [0.15, 0.2) is 0 Å². The molecule has 0 radical (unpaired) electrons. The zero-order chi connectivity index (χ0) is 13.1. The number of amides is 1. The summed E-state index contributed by atoms with van der Waals surface area (Å²) in [6, 6.07) is 5.57. The van der Waals surface area contributed by atoms with Crippen molar-refractivity contribution in [3.8, 4) is 0 Å². The van der Waals surface area contributed by atoms with E-state index in [0.29, 0.717) is 5.25 Å². The number of nitrogens with two attached hydrogens (primary N) is 1. The van der Waals surface area contributed by atoms with E-state index in [1.165, 1.54) is 25.7 Å². The van der Waals surface area contributed by atoms with Crippen LogP contribution in [0.5, 0.6) is 0 Å². The van der Waals surface area contributed by atoms with Crippen molar-refractivity contribution >= 4 is 23.4 Å². The van der Waals surface area contributed by atoms with Crippen LogP contribution < -0.4 is 5.73 Å². The molecule has 4 heteroatoms.